The molecular weight excluding hydrogens is 566 g/mol. The molecule has 0 saturated carbocycles. The topological polar surface area (TPSA) is 24.7 Å². The predicted octanol–water partition coefficient (Wildman–Crippen LogP) is 3.59. The van der Waals surface area contributed by atoms with E-state index in [1.54, 1.807) is 0 Å². The summed E-state index contributed by atoms with van der Waals surface area (Å²) in [4.78, 5) is 9.90. The summed E-state index contributed by atoms with van der Waals surface area (Å²) >= 11 is 6.01. The van der Waals surface area contributed by atoms with Crippen molar-refractivity contribution in [2.45, 2.75) is 3.24 Å². The summed E-state index contributed by atoms with van der Waals surface area (Å²) in [5.41, 5.74) is 0. The third-order valence-corrected chi connectivity index (χ3v) is 19.8. The Hall–Kier alpha value is -2.40. The van der Waals surface area contributed by atoms with E-state index < -0.39 is 32.5 Å². The fourth-order valence-corrected chi connectivity index (χ4v) is 21.6. The summed E-state index contributed by atoms with van der Waals surface area (Å²) in [6, 6.07) is 42.2. The van der Waals surface area contributed by atoms with Crippen molar-refractivity contribution in [1.82, 2.24) is 0 Å². The Morgan fingerprint density at radius 1 is 0.455 bits per heavy atom. The number of aliphatic imine (C=N–C) groups is 2. The second kappa shape index (κ2) is 11.6. The number of benzene rings is 4. The van der Waals surface area contributed by atoms with Gasteiger partial charge < -0.3 is 0 Å². The monoisotopic (exact) mass is 586 g/mol. The first-order valence-corrected chi connectivity index (χ1v) is 16.7. The Labute approximate surface area is 214 Å². The predicted molar refractivity (Wildman–Crippen MR) is 149 cm³/mol. The molecule has 4 aromatic rings. The summed E-state index contributed by atoms with van der Waals surface area (Å²) in [7, 11) is 0. The molecule has 0 fully saturated rings. The number of hydrogen-bond donors (Lipinski definition) is 0. The van der Waals surface area contributed by atoms with Crippen LogP contribution in [-0.4, -0.2) is 42.9 Å². The standard InChI is InChI=1S/C27H20As2N2S2/c32-21-30-27(31-22-33,28(23-13-5-1-6-14-23)24-15-7-2-8-16-24)29(25-17-9-3-10-18-25)26-19-11-4-12-20-26/h1-20H. The fourth-order valence-electron chi connectivity index (χ4n) is 3.75. The molecule has 0 aliphatic heterocycles. The van der Waals surface area contributed by atoms with Gasteiger partial charge in [0.25, 0.3) is 0 Å². The van der Waals surface area contributed by atoms with E-state index in [1.807, 2.05) is 24.3 Å². The van der Waals surface area contributed by atoms with E-state index in [0.717, 1.165) is 0 Å². The molecule has 160 valence electrons. The van der Waals surface area contributed by atoms with Crippen LogP contribution in [0.25, 0.3) is 0 Å². The molecule has 4 rings (SSSR count). The van der Waals surface area contributed by atoms with Crippen LogP contribution in [0.1, 0.15) is 0 Å². The Bertz CT molecular complexity index is 1090. The van der Waals surface area contributed by atoms with E-state index in [0.29, 0.717) is 0 Å². The fraction of sp³-hybridized carbons (Fsp3) is 0.0370. The van der Waals surface area contributed by atoms with E-state index in [9.17, 15) is 0 Å². The Morgan fingerprint density at radius 2 is 0.697 bits per heavy atom. The van der Waals surface area contributed by atoms with Crippen molar-refractivity contribution < 1.29 is 0 Å². The molecule has 33 heavy (non-hydrogen) atoms. The van der Waals surface area contributed by atoms with E-state index >= 15 is 0 Å². The second-order valence-corrected chi connectivity index (χ2v) is 18.8. The molecule has 0 amide bonds. The van der Waals surface area contributed by atoms with Gasteiger partial charge in [-0.3, -0.25) is 0 Å². The number of thiocarbonyl (C=S) groups is 2. The molecule has 6 heteroatoms. The van der Waals surface area contributed by atoms with Crippen LogP contribution in [0, 0.1) is 0 Å². The molecule has 0 aliphatic rings. The molecule has 0 N–H and O–H groups in total. The molecule has 0 spiro atoms. The van der Waals surface area contributed by atoms with Gasteiger partial charge >= 0.3 is 216 Å². The summed E-state index contributed by atoms with van der Waals surface area (Å²) in [6.45, 7) is 0. The normalized spacial score (nSPS) is 11.0. The zero-order valence-corrected chi connectivity index (χ0v) is 23.0. The number of rotatable bonds is 8. The summed E-state index contributed by atoms with van der Waals surface area (Å²) < 4.78 is 4.13. The minimum absolute atomic E-state index is 0.838. The average molecular weight is 586 g/mol. The SMILES string of the molecule is S=C=NC(N=C=S)([As](c1ccccc1)c1ccccc1)[As](c1ccccc1)c1ccccc1. The molecule has 2 nitrogen and oxygen atoms in total. The quantitative estimate of drug-likeness (QED) is 0.179. The van der Waals surface area contributed by atoms with Crippen LogP contribution in [0.4, 0.5) is 0 Å². The van der Waals surface area contributed by atoms with Gasteiger partial charge in [0.15, 0.2) is 0 Å². The Balaban J connectivity index is 2.11. The maximum absolute atomic E-state index is 5.26. The van der Waals surface area contributed by atoms with Gasteiger partial charge in [0.05, 0.1) is 0 Å². The Morgan fingerprint density at radius 3 is 0.909 bits per heavy atom. The minimum atomic E-state index is -2.26. The van der Waals surface area contributed by atoms with Crippen LogP contribution < -0.4 is 17.4 Å². The van der Waals surface area contributed by atoms with Crippen LogP contribution in [-0.2, 0) is 0 Å². The summed E-state index contributed by atoms with van der Waals surface area (Å²) in [5.74, 6) is 0. The van der Waals surface area contributed by atoms with Gasteiger partial charge in [-0.05, 0) is 0 Å². The molecule has 0 unspecified atom stereocenters. The van der Waals surface area contributed by atoms with Gasteiger partial charge in [-0.1, -0.05) is 0 Å². The van der Waals surface area contributed by atoms with Gasteiger partial charge in [0.2, 0.25) is 0 Å². The van der Waals surface area contributed by atoms with Crippen molar-refractivity contribution in [3.63, 3.8) is 0 Å². The molecule has 0 aromatic heterocycles. The van der Waals surface area contributed by atoms with Crippen molar-refractivity contribution in [1.29, 1.82) is 0 Å². The third kappa shape index (κ3) is 5.24. The second-order valence-electron chi connectivity index (χ2n) is 7.02. The molecule has 0 radical (unpaired) electrons. The zero-order valence-electron chi connectivity index (χ0n) is 17.7. The first kappa shape index (κ1) is 23.7. The van der Waals surface area contributed by atoms with Crippen LogP contribution in [0.3, 0.4) is 0 Å². The van der Waals surface area contributed by atoms with Crippen LogP contribution in [0.15, 0.2) is 131 Å². The summed E-state index contributed by atoms with van der Waals surface area (Å²) in [5, 5.41) is 5.47. The van der Waals surface area contributed by atoms with E-state index in [1.165, 1.54) is 17.4 Å². The molecule has 4 aromatic carbocycles. The number of nitrogens with zero attached hydrogens (tertiary/aromatic N) is 2. The molecule has 0 aliphatic carbocycles. The van der Waals surface area contributed by atoms with Crippen molar-refractivity contribution >= 4 is 81.5 Å². The first-order chi connectivity index (χ1) is 16.3. The molecular formula is C27H20As2N2S2. The molecule has 0 atom stereocenters. The van der Waals surface area contributed by atoms with Gasteiger partial charge in [-0.2, -0.15) is 0 Å². The Kier molecular flexibility index (Phi) is 8.38. The molecule has 0 saturated heterocycles. The van der Waals surface area contributed by atoms with Crippen molar-refractivity contribution in [2.24, 2.45) is 9.98 Å². The first-order valence-electron chi connectivity index (χ1n) is 10.3. The number of isothiocyanates is 2. The van der Waals surface area contributed by atoms with Crippen molar-refractivity contribution in [2.75, 3.05) is 0 Å². The van der Waals surface area contributed by atoms with Crippen molar-refractivity contribution in [3.8, 4) is 0 Å². The third-order valence-electron chi connectivity index (χ3n) is 5.05. The van der Waals surface area contributed by atoms with Gasteiger partial charge in [0.1, 0.15) is 0 Å². The van der Waals surface area contributed by atoms with E-state index in [2.05, 4.69) is 107 Å². The molecule has 0 heterocycles. The zero-order chi connectivity index (χ0) is 22.9. The molecule has 0 bridgehead atoms. The average Bonchev–Trinajstić information content (AvgIpc) is 2.87. The van der Waals surface area contributed by atoms with E-state index in [4.69, 9.17) is 34.4 Å². The van der Waals surface area contributed by atoms with Crippen LogP contribution >= 0.6 is 24.4 Å². The van der Waals surface area contributed by atoms with Gasteiger partial charge in [-0.15, -0.1) is 0 Å². The maximum atomic E-state index is 5.26. The van der Waals surface area contributed by atoms with E-state index in [-0.39, 0.29) is 0 Å². The van der Waals surface area contributed by atoms with Crippen LogP contribution in [0.2, 0.25) is 0 Å². The van der Waals surface area contributed by atoms with Crippen LogP contribution in [0.5, 0.6) is 0 Å². The summed E-state index contributed by atoms with van der Waals surface area (Å²) in [6.07, 6.45) is 0. The van der Waals surface area contributed by atoms with Gasteiger partial charge in [-0.25, -0.2) is 0 Å². The number of hydrogen-bond acceptors (Lipinski definition) is 4. The van der Waals surface area contributed by atoms with Gasteiger partial charge in [0, 0.05) is 0 Å². The van der Waals surface area contributed by atoms with Crippen molar-refractivity contribution in [3.05, 3.63) is 121 Å².